The van der Waals surface area contributed by atoms with Crippen LogP contribution in [0.15, 0.2) is 29.6 Å². The van der Waals surface area contributed by atoms with Crippen molar-refractivity contribution in [1.82, 2.24) is 5.32 Å². The predicted octanol–water partition coefficient (Wildman–Crippen LogP) is 5.48. The largest absolute Gasteiger partial charge is 0.309 e. The van der Waals surface area contributed by atoms with Gasteiger partial charge >= 0.3 is 0 Å². The van der Waals surface area contributed by atoms with Gasteiger partial charge in [-0.15, -0.1) is 11.3 Å². The maximum atomic E-state index is 13.9. The number of benzene rings is 1. The van der Waals surface area contributed by atoms with Gasteiger partial charge in [-0.1, -0.05) is 30.1 Å². The Morgan fingerprint density at radius 1 is 1.30 bits per heavy atom. The van der Waals surface area contributed by atoms with Crippen LogP contribution in [-0.4, -0.2) is 6.54 Å². The molecule has 108 valence electrons. The van der Waals surface area contributed by atoms with Crippen molar-refractivity contribution in [2.45, 2.75) is 25.8 Å². The molecule has 0 spiro atoms. The summed E-state index contributed by atoms with van der Waals surface area (Å²) in [6.45, 7) is 2.96. The van der Waals surface area contributed by atoms with Gasteiger partial charge in [-0.2, -0.15) is 0 Å². The van der Waals surface area contributed by atoms with Crippen LogP contribution in [0.4, 0.5) is 4.39 Å². The van der Waals surface area contributed by atoms with Crippen LogP contribution >= 0.6 is 34.5 Å². The fraction of sp³-hybridized carbons (Fsp3) is 0.333. The van der Waals surface area contributed by atoms with Crippen LogP contribution in [0.3, 0.4) is 0 Å². The average Bonchev–Trinajstić information content (AvgIpc) is 2.84. The second kappa shape index (κ2) is 7.41. The summed E-state index contributed by atoms with van der Waals surface area (Å²) in [4.78, 5) is 1.04. The van der Waals surface area contributed by atoms with Crippen LogP contribution < -0.4 is 5.32 Å². The average molecular weight is 332 g/mol. The van der Waals surface area contributed by atoms with Gasteiger partial charge in [0.2, 0.25) is 0 Å². The van der Waals surface area contributed by atoms with E-state index in [0.717, 1.165) is 22.9 Å². The van der Waals surface area contributed by atoms with Crippen molar-refractivity contribution in [2.24, 2.45) is 0 Å². The molecule has 1 unspecified atom stereocenters. The summed E-state index contributed by atoms with van der Waals surface area (Å²) >= 11 is 13.7. The molecule has 0 fully saturated rings. The Labute approximate surface area is 132 Å². The van der Waals surface area contributed by atoms with Crippen LogP contribution in [0.2, 0.25) is 10.0 Å². The van der Waals surface area contributed by atoms with E-state index in [-0.39, 0.29) is 11.9 Å². The summed E-state index contributed by atoms with van der Waals surface area (Å²) in [6, 6.07) is 6.53. The van der Waals surface area contributed by atoms with Crippen LogP contribution in [0.25, 0.3) is 0 Å². The highest BCUT2D eigenvalue weighted by atomic mass is 35.5. The minimum absolute atomic E-state index is 0.00965. The molecule has 1 N–H and O–H groups in total. The molecule has 0 aliphatic heterocycles. The van der Waals surface area contributed by atoms with Crippen LogP contribution in [0.5, 0.6) is 0 Å². The number of hydrogen-bond donors (Lipinski definition) is 1. The van der Waals surface area contributed by atoms with Gasteiger partial charge in [0, 0.05) is 15.9 Å². The zero-order chi connectivity index (χ0) is 14.5. The van der Waals surface area contributed by atoms with Gasteiger partial charge in [0.15, 0.2) is 0 Å². The number of rotatable bonds is 6. The summed E-state index contributed by atoms with van der Waals surface area (Å²) < 4.78 is 13.9. The summed E-state index contributed by atoms with van der Waals surface area (Å²) in [5.41, 5.74) is 0.607. The molecule has 1 aromatic carbocycles. The molecular formula is C15H16Cl2FNS. The third kappa shape index (κ3) is 3.95. The van der Waals surface area contributed by atoms with Crippen molar-refractivity contribution >= 4 is 34.5 Å². The Morgan fingerprint density at radius 3 is 2.75 bits per heavy atom. The molecule has 1 atom stereocenters. The topological polar surface area (TPSA) is 12.0 Å². The van der Waals surface area contributed by atoms with Gasteiger partial charge in [0.1, 0.15) is 5.82 Å². The number of thiophene rings is 1. The molecular weight excluding hydrogens is 316 g/mol. The molecule has 2 rings (SSSR count). The molecule has 0 bridgehead atoms. The number of halogens is 3. The van der Waals surface area contributed by atoms with E-state index < -0.39 is 0 Å². The molecule has 0 radical (unpaired) electrons. The Bertz CT molecular complexity index is 571. The fourth-order valence-electron chi connectivity index (χ4n) is 2.05. The van der Waals surface area contributed by atoms with Gasteiger partial charge < -0.3 is 5.32 Å². The molecule has 0 amide bonds. The molecule has 5 heteroatoms. The zero-order valence-electron chi connectivity index (χ0n) is 11.1. The maximum Gasteiger partial charge on any atom is 0.126 e. The first kappa shape index (κ1) is 15.8. The third-order valence-electron chi connectivity index (χ3n) is 3.03. The van der Waals surface area contributed by atoms with E-state index >= 15 is 0 Å². The Hall–Kier alpha value is -0.610. The van der Waals surface area contributed by atoms with Gasteiger partial charge in [-0.25, -0.2) is 4.39 Å². The molecule has 1 nitrogen and oxygen atoms in total. The zero-order valence-corrected chi connectivity index (χ0v) is 13.5. The second-order valence-corrected chi connectivity index (χ2v) is 6.37. The van der Waals surface area contributed by atoms with E-state index in [0.29, 0.717) is 17.0 Å². The second-order valence-electron chi connectivity index (χ2n) is 4.58. The van der Waals surface area contributed by atoms with Gasteiger partial charge in [-0.05, 0) is 54.6 Å². The van der Waals surface area contributed by atoms with Crippen molar-refractivity contribution in [3.8, 4) is 0 Å². The van der Waals surface area contributed by atoms with Crippen molar-refractivity contribution < 1.29 is 4.39 Å². The van der Waals surface area contributed by atoms with Gasteiger partial charge in [-0.3, -0.25) is 0 Å². The molecule has 0 aliphatic carbocycles. The van der Waals surface area contributed by atoms with E-state index in [9.17, 15) is 4.39 Å². The summed E-state index contributed by atoms with van der Waals surface area (Å²) in [7, 11) is 0. The number of hydrogen-bond acceptors (Lipinski definition) is 2. The van der Waals surface area contributed by atoms with Gasteiger partial charge in [0.05, 0.1) is 5.02 Å². The Kier molecular flexibility index (Phi) is 5.85. The van der Waals surface area contributed by atoms with Gasteiger partial charge in [0.25, 0.3) is 0 Å². The Balaban J connectivity index is 2.23. The van der Waals surface area contributed by atoms with Crippen molar-refractivity contribution in [2.75, 3.05) is 6.54 Å². The first-order chi connectivity index (χ1) is 9.61. The van der Waals surface area contributed by atoms with E-state index in [4.69, 9.17) is 23.2 Å². The quantitative estimate of drug-likeness (QED) is 0.739. The lowest BCUT2D eigenvalue weighted by molar-refractivity contribution is 0.519. The molecule has 0 aliphatic rings. The summed E-state index contributed by atoms with van der Waals surface area (Å²) in [6.07, 6.45) is 1.55. The van der Waals surface area contributed by atoms with Crippen molar-refractivity contribution in [1.29, 1.82) is 0 Å². The summed E-state index contributed by atoms with van der Waals surface area (Å²) in [5.74, 6) is -0.231. The minimum Gasteiger partial charge on any atom is -0.309 e. The van der Waals surface area contributed by atoms with E-state index in [1.807, 2.05) is 11.4 Å². The molecule has 1 heterocycles. The highest BCUT2D eigenvalue weighted by Gasteiger charge is 2.18. The fourth-order valence-corrected chi connectivity index (χ4v) is 3.51. The Morgan fingerprint density at radius 2 is 2.10 bits per heavy atom. The lowest BCUT2D eigenvalue weighted by Gasteiger charge is -2.18. The smallest absolute Gasteiger partial charge is 0.126 e. The molecule has 20 heavy (non-hydrogen) atoms. The highest BCUT2D eigenvalue weighted by molar-refractivity contribution is 7.10. The molecule has 0 saturated carbocycles. The number of nitrogens with one attached hydrogen (secondary N) is 1. The highest BCUT2D eigenvalue weighted by Crippen LogP contribution is 2.31. The SMILES string of the molecule is CCCNC(Cc1cc(Cl)ccc1F)c1sccc1Cl. The van der Waals surface area contributed by atoms with Crippen LogP contribution in [0.1, 0.15) is 29.8 Å². The molecule has 0 saturated heterocycles. The first-order valence-corrected chi connectivity index (χ1v) is 8.15. The first-order valence-electron chi connectivity index (χ1n) is 6.52. The monoisotopic (exact) mass is 331 g/mol. The van der Waals surface area contributed by atoms with E-state index in [1.54, 1.807) is 23.5 Å². The third-order valence-corrected chi connectivity index (χ3v) is 4.74. The maximum absolute atomic E-state index is 13.9. The standard InChI is InChI=1S/C15H16Cl2FNS/c1-2-6-19-14(15-12(17)5-7-20-15)9-10-8-11(16)3-4-13(10)18/h3-5,7-8,14,19H,2,6,9H2,1H3. The lowest BCUT2D eigenvalue weighted by Crippen LogP contribution is -2.24. The molecule has 2 aromatic rings. The van der Waals surface area contributed by atoms with E-state index in [2.05, 4.69) is 12.2 Å². The minimum atomic E-state index is -0.231. The predicted molar refractivity (Wildman–Crippen MR) is 85.5 cm³/mol. The van der Waals surface area contributed by atoms with Crippen molar-refractivity contribution in [3.05, 3.63) is 55.9 Å². The van der Waals surface area contributed by atoms with E-state index in [1.165, 1.54) is 6.07 Å². The van der Waals surface area contributed by atoms with Crippen LogP contribution in [0, 0.1) is 5.82 Å². The molecule has 1 aromatic heterocycles. The normalized spacial score (nSPS) is 12.6. The lowest BCUT2D eigenvalue weighted by atomic mass is 10.0. The van der Waals surface area contributed by atoms with Crippen molar-refractivity contribution in [3.63, 3.8) is 0 Å². The summed E-state index contributed by atoms with van der Waals surface area (Å²) in [5, 5.41) is 6.65. The van der Waals surface area contributed by atoms with Crippen LogP contribution in [-0.2, 0) is 6.42 Å².